The molecule has 0 fully saturated rings. The van der Waals surface area contributed by atoms with Crippen LogP contribution in [0.3, 0.4) is 0 Å². The molecule has 1 aliphatic carbocycles. The van der Waals surface area contributed by atoms with Crippen LogP contribution in [0.2, 0.25) is 0 Å². The third-order valence-electron chi connectivity index (χ3n) is 7.27. The minimum absolute atomic E-state index is 0.0364. The van der Waals surface area contributed by atoms with Crippen LogP contribution < -0.4 is 11.1 Å². The molecule has 0 aromatic heterocycles. The first-order valence-electron chi connectivity index (χ1n) is 14.1. The molecule has 3 aromatic carbocycles. The predicted octanol–water partition coefficient (Wildman–Crippen LogP) is 8.81. The zero-order valence-electron chi connectivity index (χ0n) is 24.3. The molecule has 0 spiro atoms. The summed E-state index contributed by atoms with van der Waals surface area (Å²) in [5.41, 5.74) is 16.0. The Balaban J connectivity index is 0.000000368. The Morgan fingerprint density at radius 2 is 1.50 bits per heavy atom. The van der Waals surface area contributed by atoms with Gasteiger partial charge in [0.15, 0.2) is 0 Å². The number of hydrogen-bond acceptors (Lipinski definition) is 2. The molecule has 0 amide bonds. The van der Waals surface area contributed by atoms with E-state index in [0.29, 0.717) is 11.8 Å². The van der Waals surface area contributed by atoms with Crippen LogP contribution in [0.15, 0.2) is 91.5 Å². The van der Waals surface area contributed by atoms with Crippen LogP contribution in [0, 0.1) is 11.8 Å². The van der Waals surface area contributed by atoms with Crippen LogP contribution in [0.25, 0.3) is 5.70 Å². The monoisotopic (exact) mass is 508 g/mol. The molecule has 2 unspecified atom stereocenters. The van der Waals surface area contributed by atoms with Gasteiger partial charge in [0.2, 0.25) is 0 Å². The van der Waals surface area contributed by atoms with E-state index in [2.05, 4.69) is 114 Å². The quantitative estimate of drug-likeness (QED) is 0.224. The molecule has 2 heteroatoms. The first-order valence-corrected chi connectivity index (χ1v) is 14.1. The van der Waals surface area contributed by atoms with Crippen molar-refractivity contribution in [1.29, 1.82) is 0 Å². The SMILES string of the molecule is C=C(NC(C)(C)C)c1cc(N)ccc1CC(C)CC(Cc1ccccc1)C(=C)C.c1ccc2c(c1)CCC2. The van der Waals surface area contributed by atoms with Crippen LogP contribution in [-0.2, 0) is 25.7 Å². The van der Waals surface area contributed by atoms with E-state index >= 15 is 0 Å². The number of fused-ring (bicyclic) bond motifs is 1. The van der Waals surface area contributed by atoms with Crippen molar-refractivity contribution >= 4 is 11.4 Å². The normalized spacial score (nSPS) is 14.0. The summed E-state index contributed by atoms with van der Waals surface area (Å²) in [6.07, 6.45) is 7.13. The third kappa shape index (κ3) is 9.24. The van der Waals surface area contributed by atoms with Crippen molar-refractivity contribution in [2.24, 2.45) is 11.8 Å². The standard InChI is InChI=1S/C27H38N2.C9H10/c1-19(2)24(17-22-11-9-8-10-12-22)16-20(3)15-23-13-14-25(28)18-26(23)21(4)29-27(5,6)7;1-2-5-9-7-3-6-8(9)4-1/h8-14,18,20,24,29H,1,4,15-17,28H2,2-3,5-7H3;1-2,4-5H,3,6-7H2. The smallest absolute Gasteiger partial charge is 0.0348 e. The van der Waals surface area contributed by atoms with Crippen molar-refractivity contribution in [2.45, 2.75) is 78.7 Å². The van der Waals surface area contributed by atoms with E-state index in [0.717, 1.165) is 36.2 Å². The molecule has 38 heavy (non-hydrogen) atoms. The van der Waals surface area contributed by atoms with Crippen molar-refractivity contribution in [3.8, 4) is 0 Å². The summed E-state index contributed by atoms with van der Waals surface area (Å²) in [5.74, 6) is 1.02. The van der Waals surface area contributed by atoms with Gasteiger partial charge in [0, 0.05) is 22.5 Å². The minimum atomic E-state index is -0.0364. The van der Waals surface area contributed by atoms with Crippen LogP contribution in [0.5, 0.6) is 0 Å². The van der Waals surface area contributed by atoms with Gasteiger partial charge in [-0.15, -0.1) is 0 Å². The fraction of sp³-hybridized carbons (Fsp3) is 0.389. The highest BCUT2D eigenvalue weighted by Crippen LogP contribution is 2.29. The fourth-order valence-corrected chi connectivity index (χ4v) is 5.39. The number of benzene rings is 3. The Morgan fingerprint density at radius 3 is 2.08 bits per heavy atom. The number of anilines is 1. The molecule has 0 bridgehead atoms. The number of allylic oxidation sites excluding steroid dienone is 1. The number of nitrogen functional groups attached to an aromatic ring is 1. The van der Waals surface area contributed by atoms with Crippen LogP contribution in [-0.4, -0.2) is 5.54 Å². The lowest BCUT2D eigenvalue weighted by Gasteiger charge is -2.26. The molecule has 202 valence electrons. The largest absolute Gasteiger partial charge is 0.399 e. The summed E-state index contributed by atoms with van der Waals surface area (Å²) in [6, 6.07) is 25.7. The molecule has 3 aromatic rings. The maximum Gasteiger partial charge on any atom is 0.0348 e. The molecule has 1 aliphatic rings. The Morgan fingerprint density at radius 1 is 0.895 bits per heavy atom. The highest BCUT2D eigenvalue weighted by molar-refractivity contribution is 5.68. The molecule has 0 heterocycles. The maximum absolute atomic E-state index is 6.09. The van der Waals surface area contributed by atoms with Crippen molar-refractivity contribution in [3.05, 3.63) is 119 Å². The number of rotatable bonds is 9. The summed E-state index contributed by atoms with van der Waals surface area (Å²) in [5, 5.41) is 3.50. The highest BCUT2D eigenvalue weighted by Gasteiger charge is 2.19. The molecular formula is C36H48N2. The topological polar surface area (TPSA) is 38.0 Å². The highest BCUT2D eigenvalue weighted by atomic mass is 15.0. The molecule has 0 saturated heterocycles. The molecular weight excluding hydrogens is 460 g/mol. The van der Waals surface area contributed by atoms with Gasteiger partial charge in [-0.3, -0.25) is 0 Å². The van der Waals surface area contributed by atoms with Crippen molar-refractivity contribution < 1.29 is 0 Å². The number of nitrogens with one attached hydrogen (secondary N) is 1. The molecule has 0 aliphatic heterocycles. The van der Waals surface area contributed by atoms with Gasteiger partial charge >= 0.3 is 0 Å². The average Bonchev–Trinajstić information content (AvgIpc) is 3.34. The average molecular weight is 509 g/mol. The summed E-state index contributed by atoms with van der Waals surface area (Å²) < 4.78 is 0. The predicted molar refractivity (Wildman–Crippen MR) is 167 cm³/mol. The summed E-state index contributed by atoms with van der Waals surface area (Å²) in [7, 11) is 0. The Hall–Kier alpha value is -3.26. The minimum Gasteiger partial charge on any atom is -0.399 e. The van der Waals surface area contributed by atoms with Crippen molar-refractivity contribution in [2.75, 3.05) is 5.73 Å². The lowest BCUT2D eigenvalue weighted by Crippen LogP contribution is -2.34. The van der Waals surface area contributed by atoms with Gasteiger partial charge in [0.1, 0.15) is 0 Å². The molecule has 0 saturated carbocycles. The Labute approximate surface area is 232 Å². The van der Waals surface area contributed by atoms with E-state index < -0.39 is 0 Å². The number of hydrogen-bond donors (Lipinski definition) is 2. The first kappa shape index (κ1) is 29.3. The number of aryl methyl sites for hydroxylation is 2. The lowest BCUT2D eigenvalue weighted by molar-refractivity contribution is 0.427. The molecule has 2 atom stereocenters. The molecule has 3 N–H and O–H groups in total. The zero-order valence-corrected chi connectivity index (χ0v) is 24.3. The van der Waals surface area contributed by atoms with E-state index in [9.17, 15) is 0 Å². The summed E-state index contributed by atoms with van der Waals surface area (Å²) in [6.45, 7) is 19.5. The lowest BCUT2D eigenvalue weighted by atomic mass is 9.83. The number of nitrogens with two attached hydrogens (primary N) is 1. The molecule has 4 rings (SSSR count). The second-order valence-electron chi connectivity index (χ2n) is 12.2. The second kappa shape index (κ2) is 13.5. The van der Waals surface area contributed by atoms with Gasteiger partial charge in [-0.1, -0.05) is 86.3 Å². The van der Waals surface area contributed by atoms with E-state index in [1.54, 1.807) is 11.1 Å². The van der Waals surface area contributed by atoms with E-state index in [-0.39, 0.29) is 5.54 Å². The van der Waals surface area contributed by atoms with Gasteiger partial charge in [0.05, 0.1) is 0 Å². The third-order valence-corrected chi connectivity index (χ3v) is 7.27. The second-order valence-corrected chi connectivity index (χ2v) is 12.2. The van der Waals surface area contributed by atoms with Crippen molar-refractivity contribution in [1.82, 2.24) is 5.32 Å². The zero-order chi connectivity index (χ0) is 27.7. The van der Waals surface area contributed by atoms with Crippen LogP contribution >= 0.6 is 0 Å². The van der Waals surface area contributed by atoms with E-state index in [1.807, 2.05) is 12.1 Å². The van der Waals surface area contributed by atoms with Gasteiger partial charge < -0.3 is 11.1 Å². The Kier molecular flexibility index (Phi) is 10.4. The van der Waals surface area contributed by atoms with Gasteiger partial charge in [-0.2, -0.15) is 0 Å². The molecule has 2 nitrogen and oxygen atoms in total. The van der Waals surface area contributed by atoms with Gasteiger partial charge in [-0.25, -0.2) is 0 Å². The summed E-state index contributed by atoms with van der Waals surface area (Å²) in [4.78, 5) is 0. The first-order chi connectivity index (χ1) is 18.0. The van der Waals surface area contributed by atoms with E-state index in [4.69, 9.17) is 5.73 Å². The van der Waals surface area contributed by atoms with Gasteiger partial charge in [-0.05, 0) is 112 Å². The maximum atomic E-state index is 6.09. The Bertz CT molecular complexity index is 1180. The fourth-order valence-electron chi connectivity index (χ4n) is 5.39. The molecule has 0 radical (unpaired) electrons. The van der Waals surface area contributed by atoms with Crippen molar-refractivity contribution in [3.63, 3.8) is 0 Å². The van der Waals surface area contributed by atoms with E-state index in [1.165, 1.54) is 36.0 Å². The van der Waals surface area contributed by atoms with Gasteiger partial charge in [0.25, 0.3) is 0 Å². The summed E-state index contributed by atoms with van der Waals surface area (Å²) >= 11 is 0. The van der Waals surface area contributed by atoms with Crippen LogP contribution in [0.1, 0.15) is 75.3 Å². The van der Waals surface area contributed by atoms with Crippen LogP contribution in [0.4, 0.5) is 5.69 Å².